The van der Waals surface area contributed by atoms with E-state index in [4.69, 9.17) is 17.3 Å². The Bertz CT molecular complexity index is 931. The molecule has 1 aliphatic rings. The van der Waals surface area contributed by atoms with Crippen molar-refractivity contribution in [2.24, 2.45) is 17.6 Å². The maximum Gasteiger partial charge on any atom is 0.248 e. The molecule has 0 aliphatic heterocycles. The number of carbonyl (C=O) groups excluding carboxylic acids is 2. The van der Waals surface area contributed by atoms with Crippen molar-refractivity contribution in [1.29, 1.82) is 0 Å². The molecule has 3 rings (SSSR count). The van der Waals surface area contributed by atoms with E-state index in [1.165, 1.54) is 5.56 Å². The van der Waals surface area contributed by atoms with Crippen LogP contribution in [0.1, 0.15) is 35.3 Å². The second-order valence-electron chi connectivity index (χ2n) is 8.65. The Hall–Kier alpha value is -2.37. The van der Waals surface area contributed by atoms with Gasteiger partial charge < -0.3 is 16.0 Å². The monoisotopic (exact) mass is 427 g/mol. The highest BCUT2D eigenvalue weighted by molar-refractivity contribution is 6.31. The number of rotatable bonds is 8. The van der Waals surface area contributed by atoms with Crippen molar-refractivity contribution < 1.29 is 9.59 Å². The lowest BCUT2D eigenvalue weighted by Gasteiger charge is -2.25. The van der Waals surface area contributed by atoms with E-state index in [1.54, 1.807) is 12.1 Å². The molecule has 4 unspecified atom stereocenters. The van der Waals surface area contributed by atoms with E-state index in [-0.39, 0.29) is 23.3 Å². The fourth-order valence-corrected chi connectivity index (χ4v) is 4.61. The van der Waals surface area contributed by atoms with Crippen LogP contribution >= 0.6 is 11.6 Å². The van der Waals surface area contributed by atoms with Crippen LogP contribution in [-0.4, -0.2) is 43.4 Å². The number of hydrogen-bond acceptors (Lipinski definition) is 3. The van der Waals surface area contributed by atoms with Crippen molar-refractivity contribution in [2.75, 3.05) is 20.6 Å². The zero-order valence-electron chi connectivity index (χ0n) is 18.0. The number of carbonyl (C=O) groups is 2. The highest BCUT2D eigenvalue weighted by atomic mass is 35.5. The summed E-state index contributed by atoms with van der Waals surface area (Å²) in [5.74, 6) is -0.134. The van der Waals surface area contributed by atoms with Crippen molar-refractivity contribution in [3.63, 3.8) is 0 Å². The fraction of sp³-hybridized carbons (Fsp3) is 0.417. The van der Waals surface area contributed by atoms with Gasteiger partial charge in [0.05, 0.1) is 5.92 Å². The molecule has 3 N–H and O–H groups in total. The average Bonchev–Trinajstić information content (AvgIpc) is 3.28. The summed E-state index contributed by atoms with van der Waals surface area (Å²) in [6.07, 6.45) is 0.654. The molecule has 4 atom stereocenters. The van der Waals surface area contributed by atoms with Gasteiger partial charge in [0.1, 0.15) is 0 Å². The molecule has 5 nitrogen and oxygen atoms in total. The summed E-state index contributed by atoms with van der Waals surface area (Å²) in [6, 6.07) is 15.4. The summed E-state index contributed by atoms with van der Waals surface area (Å²) in [5, 5.41) is 3.66. The summed E-state index contributed by atoms with van der Waals surface area (Å²) >= 11 is 6.36. The lowest BCUT2D eigenvalue weighted by Crippen LogP contribution is -2.42. The van der Waals surface area contributed by atoms with Gasteiger partial charge in [0.25, 0.3) is 0 Å². The minimum atomic E-state index is -0.500. The molecule has 160 valence electrons. The molecule has 6 heteroatoms. The first kappa shape index (κ1) is 22.3. The number of nitrogens with zero attached hydrogens (tertiary/aromatic N) is 1. The predicted octanol–water partition coefficient (Wildman–Crippen LogP) is 3.25. The number of nitrogens with two attached hydrogens (primary N) is 1. The molecule has 2 aromatic rings. The van der Waals surface area contributed by atoms with Crippen LogP contribution in [0.15, 0.2) is 48.5 Å². The summed E-state index contributed by atoms with van der Waals surface area (Å²) in [6.45, 7) is 4.83. The van der Waals surface area contributed by atoms with Crippen LogP contribution in [0.4, 0.5) is 0 Å². The third-order valence-corrected chi connectivity index (χ3v) is 7.05. The van der Waals surface area contributed by atoms with Crippen LogP contribution in [-0.2, 0) is 16.6 Å². The van der Waals surface area contributed by atoms with Crippen LogP contribution in [0.2, 0.25) is 5.02 Å². The van der Waals surface area contributed by atoms with Gasteiger partial charge in [0.15, 0.2) is 0 Å². The largest absolute Gasteiger partial charge is 0.366 e. The van der Waals surface area contributed by atoms with Gasteiger partial charge in [-0.2, -0.15) is 0 Å². The molecular weight excluding hydrogens is 398 g/mol. The van der Waals surface area contributed by atoms with E-state index in [2.05, 4.69) is 36.2 Å². The first-order valence-electron chi connectivity index (χ1n) is 10.2. The van der Waals surface area contributed by atoms with Crippen molar-refractivity contribution >= 4 is 23.4 Å². The Morgan fingerprint density at radius 1 is 1.20 bits per heavy atom. The summed E-state index contributed by atoms with van der Waals surface area (Å²) in [4.78, 5) is 26.4. The van der Waals surface area contributed by atoms with E-state index in [0.29, 0.717) is 29.5 Å². The van der Waals surface area contributed by atoms with Crippen LogP contribution in [0.5, 0.6) is 0 Å². The quantitative estimate of drug-likeness (QED) is 0.679. The molecule has 0 spiro atoms. The van der Waals surface area contributed by atoms with Crippen molar-refractivity contribution in [2.45, 2.75) is 31.7 Å². The van der Waals surface area contributed by atoms with Gasteiger partial charge in [-0.05, 0) is 49.7 Å². The van der Waals surface area contributed by atoms with Gasteiger partial charge in [0.2, 0.25) is 11.8 Å². The number of amides is 2. The Morgan fingerprint density at radius 2 is 1.87 bits per heavy atom. The molecule has 0 saturated heterocycles. The maximum atomic E-state index is 13.0. The second-order valence-corrected chi connectivity index (χ2v) is 9.06. The molecule has 0 aromatic heterocycles. The third-order valence-electron chi connectivity index (χ3n) is 6.70. The van der Waals surface area contributed by atoms with E-state index >= 15 is 0 Å². The standard InChI is InChI=1S/C24H30ClN3O2/c1-15-21(24(15,2)18-8-6-5-7-9-18)23(30)27-14-19(28(3)4)12-16-10-11-17(22(26)29)13-20(16)25/h5-11,13,15,19,21H,12,14H2,1-4H3,(H2,26,29)(H,27,30). The van der Waals surface area contributed by atoms with Crippen molar-refractivity contribution in [3.8, 4) is 0 Å². The number of halogens is 1. The molecule has 2 amide bonds. The molecular formula is C24H30ClN3O2. The summed E-state index contributed by atoms with van der Waals surface area (Å²) < 4.78 is 0. The van der Waals surface area contributed by atoms with Crippen LogP contribution in [0, 0.1) is 11.8 Å². The number of benzene rings is 2. The number of primary amides is 1. The molecule has 1 aliphatic carbocycles. The number of nitrogens with one attached hydrogen (secondary N) is 1. The highest BCUT2D eigenvalue weighted by Gasteiger charge is 2.62. The molecule has 0 bridgehead atoms. The van der Waals surface area contributed by atoms with E-state index < -0.39 is 5.91 Å². The topological polar surface area (TPSA) is 75.4 Å². The minimum Gasteiger partial charge on any atom is -0.366 e. The first-order valence-corrected chi connectivity index (χ1v) is 10.6. The average molecular weight is 428 g/mol. The lowest BCUT2D eigenvalue weighted by molar-refractivity contribution is -0.123. The molecule has 1 saturated carbocycles. The van der Waals surface area contributed by atoms with Gasteiger partial charge >= 0.3 is 0 Å². The molecule has 1 fully saturated rings. The third kappa shape index (κ3) is 4.37. The predicted molar refractivity (Wildman–Crippen MR) is 121 cm³/mol. The molecule has 0 heterocycles. The van der Waals surface area contributed by atoms with Crippen LogP contribution in [0.3, 0.4) is 0 Å². The van der Waals surface area contributed by atoms with Gasteiger partial charge in [-0.3, -0.25) is 9.59 Å². The Labute approximate surface area is 183 Å². The zero-order valence-corrected chi connectivity index (χ0v) is 18.7. The number of hydrogen-bond donors (Lipinski definition) is 2. The van der Waals surface area contributed by atoms with Gasteiger partial charge in [0, 0.05) is 28.6 Å². The Kier molecular flexibility index (Phi) is 6.53. The van der Waals surface area contributed by atoms with Crippen LogP contribution in [0.25, 0.3) is 0 Å². The van der Waals surface area contributed by atoms with Crippen molar-refractivity contribution in [3.05, 3.63) is 70.2 Å². The minimum absolute atomic E-state index is 0.0267. The van der Waals surface area contributed by atoms with Gasteiger partial charge in [-0.1, -0.05) is 61.8 Å². The molecule has 0 radical (unpaired) electrons. The van der Waals surface area contributed by atoms with E-state index in [1.807, 2.05) is 38.4 Å². The molecule has 30 heavy (non-hydrogen) atoms. The SMILES string of the molecule is CC1C(C(=O)NCC(Cc2ccc(C(N)=O)cc2Cl)N(C)C)C1(C)c1ccccc1. The fourth-order valence-electron chi connectivity index (χ4n) is 4.35. The van der Waals surface area contributed by atoms with Crippen LogP contribution < -0.4 is 11.1 Å². The lowest BCUT2D eigenvalue weighted by atomic mass is 9.94. The maximum absolute atomic E-state index is 13.0. The Morgan fingerprint density at radius 3 is 2.43 bits per heavy atom. The highest BCUT2D eigenvalue weighted by Crippen LogP contribution is 2.59. The normalized spacial score (nSPS) is 23.8. The zero-order chi connectivity index (χ0) is 22.1. The van der Waals surface area contributed by atoms with Crippen molar-refractivity contribution in [1.82, 2.24) is 10.2 Å². The van der Waals surface area contributed by atoms with E-state index in [9.17, 15) is 9.59 Å². The second kappa shape index (κ2) is 8.78. The molecule has 2 aromatic carbocycles. The summed E-state index contributed by atoms with van der Waals surface area (Å²) in [5.41, 5.74) is 7.72. The van der Waals surface area contributed by atoms with Gasteiger partial charge in [-0.15, -0.1) is 0 Å². The summed E-state index contributed by atoms with van der Waals surface area (Å²) in [7, 11) is 3.96. The number of likely N-dealkylation sites (N-methyl/N-ethyl adjacent to an activating group) is 1. The Balaban J connectivity index is 1.64. The van der Waals surface area contributed by atoms with Gasteiger partial charge in [-0.25, -0.2) is 0 Å². The smallest absolute Gasteiger partial charge is 0.248 e. The van der Waals surface area contributed by atoms with E-state index in [0.717, 1.165) is 5.56 Å². The first-order chi connectivity index (χ1) is 14.2.